The Hall–Kier alpha value is -6.96. The molecule has 0 saturated heterocycles. The zero-order valence-corrected chi connectivity index (χ0v) is 31.7. The molecule has 9 aromatic rings. The normalized spacial score (nSPS) is 12.6. The van der Waals surface area contributed by atoms with Crippen LogP contribution in [0.5, 0.6) is 0 Å². The van der Waals surface area contributed by atoms with Crippen LogP contribution in [0.15, 0.2) is 212 Å². The van der Waals surface area contributed by atoms with E-state index in [1.54, 1.807) is 0 Å². The first kappa shape index (κ1) is 33.6. The predicted molar refractivity (Wildman–Crippen MR) is 238 cm³/mol. The van der Waals surface area contributed by atoms with E-state index in [0.29, 0.717) is 0 Å². The number of nitrogens with zero attached hydrogens (tertiary/aromatic N) is 1. The van der Waals surface area contributed by atoms with Gasteiger partial charge in [0.05, 0.1) is 5.69 Å². The van der Waals surface area contributed by atoms with Gasteiger partial charge in [0.15, 0.2) is 0 Å². The standard InChI is InChI=1S/C55H41N/c1-55(2)51-26-16-15-25-46(51)47-34-32-45(36-52(47)55)56(44-30-27-40(28-31-44)38-17-7-3-8-18-38)53-37-49(41-21-11-5-12-22-41)54(42-23-13-6-14-24-42)48-33-29-43(35-50(48)53)39-19-9-4-10-20-39/h3-37H,1-2H3. The first-order valence-electron chi connectivity index (χ1n) is 19.5. The second-order valence-electron chi connectivity index (χ2n) is 15.3. The Morgan fingerprint density at radius 1 is 0.321 bits per heavy atom. The SMILES string of the molecule is CC1(C)c2ccccc2-c2ccc(N(c3ccc(-c4ccccc4)cc3)c3cc(-c4ccccc4)c(-c4ccccc4)c4ccc(-c5ccccc5)cc34)cc21. The maximum Gasteiger partial charge on any atom is 0.0546 e. The molecule has 0 fully saturated rings. The van der Waals surface area contributed by atoms with Crippen LogP contribution in [0.1, 0.15) is 25.0 Å². The first-order valence-corrected chi connectivity index (χ1v) is 19.5. The third kappa shape index (κ3) is 5.72. The van der Waals surface area contributed by atoms with Gasteiger partial charge < -0.3 is 4.90 Å². The highest BCUT2D eigenvalue weighted by molar-refractivity contribution is 6.13. The summed E-state index contributed by atoms with van der Waals surface area (Å²) in [4.78, 5) is 2.49. The molecule has 56 heavy (non-hydrogen) atoms. The summed E-state index contributed by atoms with van der Waals surface area (Å²) in [6, 6.07) is 77.7. The van der Waals surface area contributed by atoms with Crippen LogP contribution in [-0.2, 0) is 5.41 Å². The van der Waals surface area contributed by atoms with Crippen molar-refractivity contribution in [3.63, 3.8) is 0 Å². The van der Waals surface area contributed by atoms with Crippen LogP contribution < -0.4 is 4.90 Å². The van der Waals surface area contributed by atoms with Gasteiger partial charge in [-0.3, -0.25) is 0 Å². The molecule has 0 spiro atoms. The first-order chi connectivity index (χ1) is 27.5. The summed E-state index contributed by atoms with van der Waals surface area (Å²) >= 11 is 0. The molecular formula is C55H41N. The molecule has 266 valence electrons. The van der Waals surface area contributed by atoms with Crippen LogP contribution >= 0.6 is 0 Å². The van der Waals surface area contributed by atoms with E-state index in [0.717, 1.165) is 17.1 Å². The van der Waals surface area contributed by atoms with Crippen molar-refractivity contribution in [2.45, 2.75) is 19.3 Å². The third-order valence-electron chi connectivity index (χ3n) is 11.7. The Bertz CT molecular complexity index is 2840. The van der Waals surface area contributed by atoms with Crippen molar-refractivity contribution in [1.29, 1.82) is 0 Å². The van der Waals surface area contributed by atoms with E-state index in [2.05, 4.69) is 231 Å². The average Bonchev–Trinajstić information content (AvgIpc) is 3.50. The number of benzene rings is 9. The summed E-state index contributed by atoms with van der Waals surface area (Å²) in [5.74, 6) is 0. The van der Waals surface area contributed by atoms with Gasteiger partial charge in [-0.1, -0.05) is 190 Å². The van der Waals surface area contributed by atoms with Gasteiger partial charge in [0.25, 0.3) is 0 Å². The second-order valence-corrected chi connectivity index (χ2v) is 15.3. The molecule has 1 aliphatic rings. The molecule has 0 aliphatic heterocycles. The van der Waals surface area contributed by atoms with Crippen LogP contribution in [0, 0.1) is 0 Å². The fraction of sp³-hybridized carbons (Fsp3) is 0.0545. The van der Waals surface area contributed by atoms with Crippen molar-refractivity contribution in [2.24, 2.45) is 0 Å². The zero-order valence-electron chi connectivity index (χ0n) is 31.7. The quantitative estimate of drug-likeness (QED) is 0.159. The number of anilines is 3. The molecule has 0 amide bonds. The fourth-order valence-electron chi connectivity index (χ4n) is 8.85. The highest BCUT2D eigenvalue weighted by atomic mass is 15.1. The highest BCUT2D eigenvalue weighted by Crippen LogP contribution is 2.52. The Morgan fingerprint density at radius 2 is 0.821 bits per heavy atom. The van der Waals surface area contributed by atoms with E-state index >= 15 is 0 Å². The Labute approximate surface area is 329 Å². The van der Waals surface area contributed by atoms with Gasteiger partial charge in [0, 0.05) is 22.2 Å². The lowest BCUT2D eigenvalue weighted by Gasteiger charge is -2.31. The van der Waals surface area contributed by atoms with Crippen LogP contribution in [0.3, 0.4) is 0 Å². The van der Waals surface area contributed by atoms with Crippen LogP contribution in [0.2, 0.25) is 0 Å². The smallest absolute Gasteiger partial charge is 0.0546 e. The fourth-order valence-corrected chi connectivity index (χ4v) is 8.85. The largest absolute Gasteiger partial charge is 0.310 e. The van der Waals surface area contributed by atoms with Gasteiger partial charge in [-0.15, -0.1) is 0 Å². The van der Waals surface area contributed by atoms with Crippen LogP contribution in [0.25, 0.3) is 66.4 Å². The predicted octanol–water partition coefficient (Wildman–Crippen LogP) is 15.3. The minimum absolute atomic E-state index is 0.139. The number of fused-ring (bicyclic) bond motifs is 4. The zero-order chi connectivity index (χ0) is 37.6. The molecule has 10 rings (SSSR count). The van der Waals surface area contributed by atoms with Crippen LogP contribution in [0.4, 0.5) is 17.1 Å². The molecule has 0 radical (unpaired) electrons. The van der Waals surface area contributed by atoms with E-state index in [9.17, 15) is 0 Å². The molecular weight excluding hydrogens is 675 g/mol. The van der Waals surface area contributed by atoms with E-state index < -0.39 is 0 Å². The Balaban J connectivity index is 1.29. The van der Waals surface area contributed by atoms with Crippen molar-refractivity contribution in [3.05, 3.63) is 223 Å². The number of rotatable bonds is 7. The van der Waals surface area contributed by atoms with E-state index in [-0.39, 0.29) is 5.41 Å². The molecule has 0 heterocycles. The lowest BCUT2D eigenvalue weighted by molar-refractivity contribution is 0.660. The molecule has 9 aromatic carbocycles. The molecule has 1 nitrogen and oxygen atoms in total. The second kappa shape index (κ2) is 13.7. The topological polar surface area (TPSA) is 3.24 Å². The van der Waals surface area contributed by atoms with E-state index in [4.69, 9.17) is 0 Å². The minimum atomic E-state index is -0.139. The summed E-state index contributed by atoms with van der Waals surface area (Å²) in [7, 11) is 0. The molecule has 0 unspecified atom stereocenters. The van der Waals surface area contributed by atoms with E-state index in [1.165, 1.54) is 77.5 Å². The molecule has 0 saturated carbocycles. The van der Waals surface area contributed by atoms with Crippen molar-refractivity contribution < 1.29 is 0 Å². The molecule has 0 atom stereocenters. The van der Waals surface area contributed by atoms with Crippen molar-refractivity contribution in [2.75, 3.05) is 4.90 Å². The Morgan fingerprint density at radius 3 is 1.48 bits per heavy atom. The Kier molecular flexibility index (Phi) is 8.23. The summed E-state index contributed by atoms with van der Waals surface area (Å²) in [5, 5.41) is 2.41. The van der Waals surface area contributed by atoms with Crippen molar-refractivity contribution in [3.8, 4) is 55.6 Å². The maximum atomic E-state index is 2.49. The molecule has 0 bridgehead atoms. The van der Waals surface area contributed by atoms with Crippen molar-refractivity contribution in [1.82, 2.24) is 0 Å². The van der Waals surface area contributed by atoms with Gasteiger partial charge in [-0.2, -0.15) is 0 Å². The molecule has 0 aromatic heterocycles. The lowest BCUT2D eigenvalue weighted by Crippen LogP contribution is -2.16. The number of hydrogen-bond donors (Lipinski definition) is 0. The maximum absolute atomic E-state index is 2.49. The average molecular weight is 716 g/mol. The van der Waals surface area contributed by atoms with Gasteiger partial charge in [-0.25, -0.2) is 0 Å². The molecule has 0 N–H and O–H groups in total. The van der Waals surface area contributed by atoms with Gasteiger partial charge >= 0.3 is 0 Å². The number of hydrogen-bond acceptors (Lipinski definition) is 1. The van der Waals surface area contributed by atoms with Crippen LogP contribution in [-0.4, -0.2) is 0 Å². The van der Waals surface area contributed by atoms with E-state index in [1.807, 2.05) is 0 Å². The third-order valence-corrected chi connectivity index (χ3v) is 11.7. The monoisotopic (exact) mass is 715 g/mol. The summed E-state index contributed by atoms with van der Waals surface area (Å²) in [6.45, 7) is 4.73. The van der Waals surface area contributed by atoms with Gasteiger partial charge in [0.1, 0.15) is 0 Å². The minimum Gasteiger partial charge on any atom is -0.310 e. The summed E-state index contributed by atoms with van der Waals surface area (Å²) in [6.07, 6.45) is 0. The van der Waals surface area contributed by atoms with Gasteiger partial charge in [0.2, 0.25) is 0 Å². The lowest BCUT2D eigenvalue weighted by atomic mass is 9.82. The van der Waals surface area contributed by atoms with Gasteiger partial charge in [-0.05, 0) is 109 Å². The summed E-state index contributed by atoms with van der Waals surface area (Å²) in [5.41, 5.74) is 18.2. The molecule has 1 heteroatoms. The van der Waals surface area contributed by atoms with Crippen molar-refractivity contribution >= 4 is 27.8 Å². The molecule has 1 aliphatic carbocycles. The highest BCUT2D eigenvalue weighted by Gasteiger charge is 2.36. The summed E-state index contributed by atoms with van der Waals surface area (Å²) < 4.78 is 0.